The van der Waals surface area contributed by atoms with Gasteiger partial charge in [0.15, 0.2) is 16.7 Å². The number of piperazine rings is 1. The summed E-state index contributed by atoms with van der Waals surface area (Å²) in [6.45, 7) is 4.45. The number of methoxy groups -OCH3 is 1. The summed E-state index contributed by atoms with van der Waals surface area (Å²) in [6.07, 6.45) is -4.54. The lowest BCUT2D eigenvalue weighted by atomic mass is 10.3. The highest BCUT2D eigenvalue weighted by atomic mass is 35.5. The van der Waals surface area contributed by atoms with Gasteiger partial charge in [-0.3, -0.25) is 14.6 Å². The molecule has 9 nitrogen and oxygen atoms in total. The molecule has 226 valence electrons. The molecule has 3 aromatic rings. The average Bonchev–Trinajstić information content (AvgIpc) is 3.32. The van der Waals surface area contributed by atoms with Crippen LogP contribution in [0.15, 0.2) is 34.7 Å². The monoisotopic (exact) mass is 635 g/mol. The lowest BCUT2D eigenvalue weighted by Gasteiger charge is -2.34. The third kappa shape index (κ3) is 10.5. The molecule has 1 saturated heterocycles. The SMILES string of the molecule is COCCOc1nc(C)cc(OCC(F)(F)F)c1NC(=O)CN1CCN(CCSc2nc3ccccc3s2)CC1.Cl. The number of hydrogen-bond acceptors (Lipinski definition) is 10. The van der Waals surface area contributed by atoms with Gasteiger partial charge in [0.25, 0.3) is 0 Å². The summed E-state index contributed by atoms with van der Waals surface area (Å²) in [7, 11) is 1.49. The maximum absolute atomic E-state index is 12.9. The molecule has 0 atom stereocenters. The zero-order valence-corrected chi connectivity index (χ0v) is 25.2. The first-order valence-corrected chi connectivity index (χ1v) is 14.6. The predicted octanol–water partition coefficient (Wildman–Crippen LogP) is 4.74. The highest BCUT2D eigenvalue weighted by Gasteiger charge is 2.30. The minimum absolute atomic E-state index is 0. The molecular formula is C26H33ClF3N5O4S2. The first-order valence-electron chi connectivity index (χ1n) is 12.8. The van der Waals surface area contributed by atoms with E-state index in [9.17, 15) is 18.0 Å². The number of para-hydroxylation sites is 1. The molecule has 2 aromatic heterocycles. The van der Waals surface area contributed by atoms with E-state index in [1.54, 1.807) is 30.0 Å². The topological polar surface area (TPSA) is 89.0 Å². The number of aryl methyl sites for hydroxylation is 1. The van der Waals surface area contributed by atoms with Crippen molar-refractivity contribution in [3.63, 3.8) is 0 Å². The third-order valence-electron chi connectivity index (χ3n) is 6.00. The normalized spacial score (nSPS) is 14.6. The van der Waals surface area contributed by atoms with Gasteiger partial charge in [-0.25, -0.2) is 9.97 Å². The first-order chi connectivity index (χ1) is 19.2. The Labute approximate surface area is 251 Å². The van der Waals surface area contributed by atoms with E-state index in [-0.39, 0.29) is 55.4 Å². The minimum Gasteiger partial charge on any atom is -0.482 e. The zero-order chi connectivity index (χ0) is 28.5. The van der Waals surface area contributed by atoms with Crippen LogP contribution in [0.3, 0.4) is 0 Å². The molecule has 1 aliphatic heterocycles. The quantitative estimate of drug-likeness (QED) is 0.211. The number of hydrogen-bond donors (Lipinski definition) is 1. The van der Waals surface area contributed by atoms with E-state index in [4.69, 9.17) is 14.2 Å². The number of anilines is 1. The maximum atomic E-state index is 12.9. The number of thioether (sulfide) groups is 1. The van der Waals surface area contributed by atoms with Crippen LogP contribution < -0.4 is 14.8 Å². The van der Waals surface area contributed by atoms with Gasteiger partial charge in [-0.05, 0) is 19.1 Å². The van der Waals surface area contributed by atoms with E-state index < -0.39 is 12.8 Å². The minimum atomic E-state index is -4.54. The Bertz CT molecular complexity index is 1240. The van der Waals surface area contributed by atoms with E-state index in [0.717, 1.165) is 35.2 Å². The molecule has 0 aliphatic carbocycles. The fraction of sp³-hybridized carbons (Fsp3) is 0.500. The van der Waals surface area contributed by atoms with Crippen molar-refractivity contribution in [3.05, 3.63) is 36.0 Å². The van der Waals surface area contributed by atoms with E-state index in [1.165, 1.54) is 17.9 Å². The van der Waals surface area contributed by atoms with Gasteiger partial charge >= 0.3 is 6.18 Å². The summed E-state index contributed by atoms with van der Waals surface area (Å²) in [5.41, 5.74) is 1.39. The largest absolute Gasteiger partial charge is 0.482 e. The van der Waals surface area contributed by atoms with Gasteiger partial charge in [-0.2, -0.15) is 13.2 Å². The van der Waals surface area contributed by atoms with Crippen LogP contribution in [-0.4, -0.2) is 104 Å². The second-order valence-electron chi connectivity index (χ2n) is 9.15. The van der Waals surface area contributed by atoms with Crippen molar-refractivity contribution >= 4 is 57.3 Å². The lowest BCUT2D eigenvalue weighted by Crippen LogP contribution is -2.49. The molecule has 0 bridgehead atoms. The van der Waals surface area contributed by atoms with Gasteiger partial charge in [0.2, 0.25) is 11.8 Å². The van der Waals surface area contributed by atoms with Crippen molar-refractivity contribution in [1.29, 1.82) is 0 Å². The van der Waals surface area contributed by atoms with E-state index in [0.29, 0.717) is 18.8 Å². The zero-order valence-electron chi connectivity index (χ0n) is 22.7. The number of fused-ring (bicyclic) bond motifs is 1. The molecule has 0 spiro atoms. The van der Waals surface area contributed by atoms with Crippen molar-refractivity contribution in [2.45, 2.75) is 17.4 Å². The molecule has 0 radical (unpaired) electrons. The number of halogens is 4. The summed E-state index contributed by atoms with van der Waals surface area (Å²) in [6, 6.07) is 9.45. The Morgan fingerprint density at radius 2 is 1.83 bits per heavy atom. The fourth-order valence-electron chi connectivity index (χ4n) is 4.06. The van der Waals surface area contributed by atoms with Crippen LogP contribution >= 0.6 is 35.5 Å². The van der Waals surface area contributed by atoms with Gasteiger partial charge in [-0.15, -0.1) is 23.7 Å². The van der Waals surface area contributed by atoms with Crippen LogP contribution in [0.1, 0.15) is 5.69 Å². The highest BCUT2D eigenvalue weighted by molar-refractivity contribution is 8.01. The highest BCUT2D eigenvalue weighted by Crippen LogP contribution is 2.35. The van der Waals surface area contributed by atoms with Crippen LogP contribution in [0, 0.1) is 6.92 Å². The molecular weight excluding hydrogens is 603 g/mol. The Hall–Kier alpha value is -2.36. The number of amides is 1. The number of pyridine rings is 1. The summed E-state index contributed by atoms with van der Waals surface area (Å²) in [4.78, 5) is 26.2. The van der Waals surface area contributed by atoms with E-state index in [1.807, 2.05) is 23.1 Å². The number of nitrogens with zero attached hydrogens (tertiary/aromatic N) is 4. The molecule has 1 N–H and O–H groups in total. The van der Waals surface area contributed by atoms with E-state index >= 15 is 0 Å². The van der Waals surface area contributed by atoms with Crippen LogP contribution in [-0.2, 0) is 9.53 Å². The number of carbonyl (C=O) groups is 1. The Balaban J connectivity index is 0.00000462. The Morgan fingerprint density at radius 3 is 2.54 bits per heavy atom. The average molecular weight is 636 g/mol. The lowest BCUT2D eigenvalue weighted by molar-refractivity contribution is -0.153. The second-order valence-corrected chi connectivity index (χ2v) is 11.5. The number of nitrogens with one attached hydrogen (secondary N) is 1. The second kappa shape index (κ2) is 15.8. The number of benzene rings is 1. The molecule has 1 aromatic carbocycles. The van der Waals surface area contributed by atoms with E-state index in [2.05, 4.69) is 26.3 Å². The van der Waals surface area contributed by atoms with Crippen molar-refractivity contribution in [1.82, 2.24) is 19.8 Å². The van der Waals surface area contributed by atoms with Gasteiger partial charge < -0.3 is 19.5 Å². The maximum Gasteiger partial charge on any atom is 0.422 e. The molecule has 4 rings (SSSR count). The molecule has 15 heteroatoms. The predicted molar refractivity (Wildman–Crippen MR) is 157 cm³/mol. The van der Waals surface area contributed by atoms with Crippen LogP contribution in [0.25, 0.3) is 10.2 Å². The summed E-state index contributed by atoms with van der Waals surface area (Å²) in [5, 5.41) is 2.67. The number of ether oxygens (including phenoxy) is 3. The third-order valence-corrected chi connectivity index (χ3v) is 8.16. The number of rotatable bonds is 13. The number of alkyl halides is 3. The number of carbonyl (C=O) groups excluding carboxylic acids is 1. The number of thiazole rings is 1. The van der Waals surface area contributed by atoms with Gasteiger partial charge in [-0.1, -0.05) is 23.9 Å². The van der Waals surface area contributed by atoms with Crippen LogP contribution in [0.2, 0.25) is 0 Å². The molecule has 0 unspecified atom stereocenters. The van der Waals surface area contributed by atoms with Gasteiger partial charge in [0.1, 0.15) is 12.3 Å². The summed E-state index contributed by atoms with van der Waals surface area (Å²) >= 11 is 3.45. The molecule has 1 amide bonds. The molecule has 1 aliphatic rings. The molecule has 3 heterocycles. The smallest absolute Gasteiger partial charge is 0.422 e. The van der Waals surface area contributed by atoms with Crippen molar-refractivity contribution < 1.29 is 32.2 Å². The first kappa shape index (κ1) is 33.1. The molecule has 0 saturated carbocycles. The van der Waals surface area contributed by atoms with Crippen LogP contribution in [0.4, 0.5) is 18.9 Å². The van der Waals surface area contributed by atoms with Crippen molar-refractivity contribution in [3.8, 4) is 11.6 Å². The van der Waals surface area contributed by atoms with Gasteiger partial charge in [0.05, 0.1) is 23.4 Å². The summed E-state index contributed by atoms with van der Waals surface area (Å²) < 4.78 is 56.3. The molecule has 1 fully saturated rings. The number of aromatic nitrogens is 2. The van der Waals surface area contributed by atoms with Crippen molar-refractivity contribution in [2.75, 3.05) is 77.3 Å². The van der Waals surface area contributed by atoms with Crippen LogP contribution in [0.5, 0.6) is 11.6 Å². The summed E-state index contributed by atoms with van der Waals surface area (Å²) in [5.74, 6) is 0.366. The van der Waals surface area contributed by atoms with Gasteiger partial charge in [0, 0.05) is 57.3 Å². The Morgan fingerprint density at radius 1 is 1.10 bits per heavy atom. The van der Waals surface area contributed by atoms with Crippen molar-refractivity contribution in [2.24, 2.45) is 0 Å². The molecule has 41 heavy (non-hydrogen) atoms. The fourth-order valence-corrected chi connectivity index (χ4v) is 6.20. The standard InChI is InChI=1S/C26H32F3N5O4S2.ClH/c1-18-15-20(38-17-26(27,28)29)23(24(30-18)37-13-12-36-2)32-22(35)16-34-9-7-33(8-10-34)11-14-39-25-31-19-5-3-4-6-21(19)40-25;/h3-6,15H,7-14,16-17H2,1-2H3,(H,32,35);1H. The Kier molecular flexibility index (Phi) is 12.7.